The van der Waals surface area contributed by atoms with Gasteiger partial charge < -0.3 is 10.5 Å². The Morgan fingerprint density at radius 3 is 2.85 bits per heavy atom. The fourth-order valence-corrected chi connectivity index (χ4v) is 1.88. The van der Waals surface area contributed by atoms with E-state index in [0.717, 1.165) is 12.8 Å². The number of anilines is 1. The zero-order valence-electron chi connectivity index (χ0n) is 10.5. The number of aromatic nitrogens is 2. The van der Waals surface area contributed by atoms with Crippen LogP contribution in [0.2, 0.25) is 0 Å². The number of rotatable bonds is 4. The van der Waals surface area contributed by atoms with Gasteiger partial charge in [-0.1, -0.05) is 12.1 Å². The van der Waals surface area contributed by atoms with Gasteiger partial charge >= 0.3 is 5.69 Å². The molecule has 2 N–H and O–H groups in total. The van der Waals surface area contributed by atoms with Gasteiger partial charge in [0.25, 0.3) is 0 Å². The molecule has 102 valence electrons. The van der Waals surface area contributed by atoms with Gasteiger partial charge in [-0.2, -0.15) is 0 Å². The molecular weight excluding hydrogens is 260 g/mol. The summed E-state index contributed by atoms with van der Waals surface area (Å²) in [4.78, 5) is 18.2. The highest BCUT2D eigenvalue weighted by atomic mass is 16.6. The minimum Gasteiger partial charge on any atom is -0.490 e. The van der Waals surface area contributed by atoms with E-state index >= 15 is 0 Å². The number of nitrogens with zero attached hydrogens (tertiary/aromatic N) is 3. The van der Waals surface area contributed by atoms with Gasteiger partial charge in [0.15, 0.2) is 5.69 Å². The molecule has 0 saturated heterocycles. The van der Waals surface area contributed by atoms with Gasteiger partial charge in [-0.25, -0.2) is 9.97 Å². The van der Waals surface area contributed by atoms with Crippen molar-refractivity contribution < 1.29 is 9.66 Å². The average molecular weight is 272 g/mol. The van der Waals surface area contributed by atoms with Crippen molar-refractivity contribution in [1.82, 2.24) is 9.97 Å². The normalized spacial score (nSPS) is 14.0. The second-order valence-corrected chi connectivity index (χ2v) is 4.56. The first-order valence-corrected chi connectivity index (χ1v) is 6.17. The maximum absolute atomic E-state index is 11.1. The van der Waals surface area contributed by atoms with Crippen LogP contribution in [-0.4, -0.2) is 21.0 Å². The first kappa shape index (κ1) is 12.3. The molecule has 1 aliphatic rings. The van der Waals surface area contributed by atoms with Crippen molar-refractivity contribution in [3.05, 3.63) is 40.7 Å². The Labute approximate surface area is 114 Å². The molecule has 1 heterocycles. The lowest BCUT2D eigenvalue weighted by Gasteiger charge is -2.07. The first-order chi connectivity index (χ1) is 9.65. The average Bonchev–Trinajstić information content (AvgIpc) is 3.22. The molecule has 0 bridgehead atoms. The minimum absolute atomic E-state index is 0.145. The molecule has 2 aromatic rings. The number of nitro groups is 1. The van der Waals surface area contributed by atoms with Crippen molar-refractivity contribution in [2.75, 3.05) is 5.73 Å². The Kier molecular flexibility index (Phi) is 2.94. The number of benzene rings is 1. The van der Waals surface area contributed by atoms with Gasteiger partial charge in [-0.15, -0.1) is 0 Å². The topological polar surface area (TPSA) is 104 Å². The predicted octanol–water partition coefficient (Wildman–Crippen LogP) is 2.18. The van der Waals surface area contributed by atoms with Gasteiger partial charge in [-0.3, -0.25) is 10.1 Å². The third-order valence-electron chi connectivity index (χ3n) is 2.97. The number of hydrogen-bond acceptors (Lipinski definition) is 6. The minimum atomic E-state index is -0.570. The largest absolute Gasteiger partial charge is 0.490 e. The smallest absolute Gasteiger partial charge is 0.337 e. The predicted molar refractivity (Wildman–Crippen MR) is 72.2 cm³/mol. The zero-order chi connectivity index (χ0) is 14.1. The molecule has 0 spiro atoms. The standard InChI is InChI=1S/C13H12N4O3/c14-13-12(17(18)19)11(15-7-16-13)8-2-1-3-10(6-8)20-9-4-5-9/h1-3,6-7,9H,4-5H2,(H2,14,15,16). The lowest BCUT2D eigenvalue weighted by Crippen LogP contribution is -2.02. The van der Waals surface area contributed by atoms with Crippen molar-refractivity contribution in [3.8, 4) is 17.0 Å². The van der Waals surface area contributed by atoms with Crippen LogP contribution in [0.15, 0.2) is 30.6 Å². The van der Waals surface area contributed by atoms with Crippen molar-refractivity contribution in [3.63, 3.8) is 0 Å². The molecule has 7 nitrogen and oxygen atoms in total. The Morgan fingerprint density at radius 2 is 2.15 bits per heavy atom. The van der Waals surface area contributed by atoms with Crippen LogP contribution in [-0.2, 0) is 0 Å². The number of hydrogen-bond donors (Lipinski definition) is 1. The lowest BCUT2D eigenvalue weighted by atomic mass is 10.1. The summed E-state index contributed by atoms with van der Waals surface area (Å²) in [6, 6.07) is 7.05. The van der Waals surface area contributed by atoms with Gasteiger partial charge in [0.2, 0.25) is 5.82 Å². The van der Waals surface area contributed by atoms with E-state index in [0.29, 0.717) is 11.3 Å². The van der Waals surface area contributed by atoms with E-state index in [1.54, 1.807) is 18.2 Å². The Bertz CT molecular complexity index is 670. The van der Waals surface area contributed by atoms with E-state index in [9.17, 15) is 10.1 Å². The highest BCUT2D eigenvalue weighted by molar-refractivity contribution is 5.76. The summed E-state index contributed by atoms with van der Waals surface area (Å²) in [5.74, 6) is 0.532. The fourth-order valence-electron chi connectivity index (χ4n) is 1.88. The third kappa shape index (κ3) is 2.37. The van der Waals surface area contributed by atoms with E-state index in [4.69, 9.17) is 10.5 Å². The molecule has 0 unspecified atom stereocenters. The van der Waals surface area contributed by atoms with Gasteiger partial charge in [0.05, 0.1) is 11.0 Å². The summed E-state index contributed by atoms with van der Waals surface area (Å²) in [7, 11) is 0. The number of nitrogens with two attached hydrogens (primary N) is 1. The molecule has 1 saturated carbocycles. The van der Waals surface area contributed by atoms with Crippen LogP contribution in [0, 0.1) is 10.1 Å². The van der Waals surface area contributed by atoms with Crippen LogP contribution in [0.3, 0.4) is 0 Å². The van der Waals surface area contributed by atoms with Crippen molar-refractivity contribution in [2.45, 2.75) is 18.9 Å². The molecule has 0 atom stereocenters. The molecule has 3 rings (SSSR count). The van der Waals surface area contributed by atoms with E-state index in [1.165, 1.54) is 6.33 Å². The molecule has 20 heavy (non-hydrogen) atoms. The molecule has 1 aromatic carbocycles. The van der Waals surface area contributed by atoms with E-state index in [2.05, 4.69) is 9.97 Å². The Balaban J connectivity index is 2.03. The second kappa shape index (κ2) is 4.76. The molecule has 0 aliphatic heterocycles. The van der Waals surface area contributed by atoms with Crippen molar-refractivity contribution >= 4 is 11.5 Å². The molecule has 1 aromatic heterocycles. The summed E-state index contributed by atoms with van der Waals surface area (Å²) < 4.78 is 5.67. The fraction of sp³-hybridized carbons (Fsp3) is 0.231. The molecule has 0 amide bonds. The number of nitrogen functional groups attached to an aromatic ring is 1. The highest BCUT2D eigenvalue weighted by Gasteiger charge is 2.25. The summed E-state index contributed by atoms with van der Waals surface area (Å²) in [6.45, 7) is 0. The molecule has 1 aliphatic carbocycles. The lowest BCUT2D eigenvalue weighted by molar-refractivity contribution is -0.383. The van der Waals surface area contributed by atoms with Crippen molar-refractivity contribution in [1.29, 1.82) is 0 Å². The number of ether oxygens (including phenoxy) is 1. The van der Waals surface area contributed by atoms with Crippen LogP contribution in [0.25, 0.3) is 11.3 Å². The molecule has 1 fully saturated rings. The van der Waals surface area contributed by atoms with Crippen LogP contribution < -0.4 is 10.5 Å². The first-order valence-electron chi connectivity index (χ1n) is 6.17. The zero-order valence-corrected chi connectivity index (χ0v) is 10.5. The summed E-state index contributed by atoms with van der Waals surface area (Å²) in [5, 5.41) is 11.1. The second-order valence-electron chi connectivity index (χ2n) is 4.56. The van der Waals surface area contributed by atoms with Gasteiger partial charge in [-0.05, 0) is 25.0 Å². The van der Waals surface area contributed by atoms with Crippen LogP contribution in [0.1, 0.15) is 12.8 Å². The van der Waals surface area contributed by atoms with E-state index in [1.807, 2.05) is 6.07 Å². The summed E-state index contributed by atoms with van der Waals surface area (Å²) in [5.41, 5.74) is 6.07. The van der Waals surface area contributed by atoms with Gasteiger partial charge in [0, 0.05) is 5.56 Å². The SMILES string of the molecule is Nc1ncnc(-c2cccc(OC3CC3)c2)c1[N+](=O)[O-]. The maximum atomic E-state index is 11.1. The summed E-state index contributed by atoms with van der Waals surface area (Å²) in [6.07, 6.45) is 3.57. The molecule has 0 radical (unpaired) electrons. The molecular formula is C13H12N4O3. The van der Waals surface area contributed by atoms with Crippen molar-refractivity contribution in [2.24, 2.45) is 0 Å². The summed E-state index contributed by atoms with van der Waals surface area (Å²) >= 11 is 0. The van der Waals surface area contributed by atoms with E-state index in [-0.39, 0.29) is 23.3 Å². The highest BCUT2D eigenvalue weighted by Crippen LogP contribution is 2.34. The monoisotopic (exact) mass is 272 g/mol. The Morgan fingerprint density at radius 1 is 1.35 bits per heavy atom. The molecule has 7 heteroatoms. The van der Waals surface area contributed by atoms with Crippen LogP contribution in [0.5, 0.6) is 5.75 Å². The van der Waals surface area contributed by atoms with Crippen LogP contribution in [0.4, 0.5) is 11.5 Å². The maximum Gasteiger partial charge on any atom is 0.337 e. The van der Waals surface area contributed by atoms with Gasteiger partial charge in [0.1, 0.15) is 12.1 Å². The Hall–Kier alpha value is -2.70. The van der Waals surface area contributed by atoms with Crippen LogP contribution >= 0.6 is 0 Å². The quantitative estimate of drug-likeness (QED) is 0.675. The van der Waals surface area contributed by atoms with E-state index < -0.39 is 4.92 Å². The third-order valence-corrected chi connectivity index (χ3v) is 2.97.